The van der Waals surface area contributed by atoms with Crippen molar-refractivity contribution in [3.63, 3.8) is 0 Å². The average Bonchev–Trinajstić information content (AvgIpc) is 2.86. The van der Waals surface area contributed by atoms with Gasteiger partial charge < -0.3 is 14.2 Å². The van der Waals surface area contributed by atoms with E-state index in [0.717, 1.165) is 6.42 Å². The van der Waals surface area contributed by atoms with E-state index in [4.69, 9.17) is 14.2 Å². The van der Waals surface area contributed by atoms with Crippen molar-refractivity contribution in [1.29, 1.82) is 0 Å². The van der Waals surface area contributed by atoms with Gasteiger partial charge in [0.25, 0.3) is 0 Å². The van der Waals surface area contributed by atoms with Gasteiger partial charge in [0.2, 0.25) is 0 Å². The second-order valence-corrected chi connectivity index (χ2v) is 5.55. The fourth-order valence-electron chi connectivity index (χ4n) is 2.19. The first kappa shape index (κ1) is 13.1. The first-order chi connectivity index (χ1) is 8.08. The molecule has 0 radical (unpaired) electrons. The highest BCUT2D eigenvalue weighted by Gasteiger charge is 2.35. The zero-order valence-electron chi connectivity index (χ0n) is 10.0. The summed E-state index contributed by atoms with van der Waals surface area (Å²) in [4.78, 5) is 11.3. The van der Waals surface area contributed by atoms with Gasteiger partial charge in [-0.1, -0.05) is 13.8 Å². The van der Waals surface area contributed by atoms with Gasteiger partial charge in [-0.2, -0.15) is 0 Å². The summed E-state index contributed by atoms with van der Waals surface area (Å²) in [6, 6.07) is 0. The molecule has 0 N–H and O–H groups in total. The Labute approximate surface area is 109 Å². The number of halogens is 1. The van der Waals surface area contributed by atoms with Crippen LogP contribution in [-0.2, 0) is 19.0 Å². The minimum Gasteiger partial charge on any atom is -0.454 e. The van der Waals surface area contributed by atoms with Gasteiger partial charge in [-0.25, -0.2) is 4.79 Å². The molecule has 1 fully saturated rings. The molecular formula is C12H17BrO4. The van der Waals surface area contributed by atoms with Crippen molar-refractivity contribution in [1.82, 2.24) is 0 Å². The summed E-state index contributed by atoms with van der Waals surface area (Å²) in [6.45, 7) is 5.54. The lowest BCUT2D eigenvalue weighted by molar-refractivity contribution is -0.143. The molecule has 2 aliphatic rings. The van der Waals surface area contributed by atoms with Crippen LogP contribution in [0.2, 0.25) is 0 Å². The van der Waals surface area contributed by atoms with E-state index < -0.39 is 0 Å². The summed E-state index contributed by atoms with van der Waals surface area (Å²) in [5.41, 5.74) is 0. The van der Waals surface area contributed by atoms with Crippen LogP contribution in [0.5, 0.6) is 0 Å². The zero-order chi connectivity index (χ0) is 12.4. The molecule has 0 aliphatic carbocycles. The minimum absolute atomic E-state index is 0.158. The van der Waals surface area contributed by atoms with Gasteiger partial charge in [0.05, 0.1) is 13.2 Å². The van der Waals surface area contributed by atoms with Gasteiger partial charge in [-0.15, -0.1) is 0 Å². The lowest BCUT2D eigenvalue weighted by atomic mass is 9.87. The van der Waals surface area contributed by atoms with Gasteiger partial charge in [0.15, 0.2) is 6.29 Å². The Bertz CT molecular complexity index is 320. The van der Waals surface area contributed by atoms with Crippen molar-refractivity contribution in [2.45, 2.75) is 32.7 Å². The first-order valence-electron chi connectivity index (χ1n) is 5.89. The summed E-state index contributed by atoms with van der Waals surface area (Å²) in [6.07, 6.45) is 2.26. The largest absolute Gasteiger partial charge is 0.454 e. The number of ether oxygens (including phenoxy) is 3. The van der Waals surface area contributed by atoms with Crippen LogP contribution in [-0.4, -0.2) is 31.6 Å². The molecule has 2 aliphatic heterocycles. The summed E-state index contributed by atoms with van der Waals surface area (Å²) < 4.78 is 16.7. The van der Waals surface area contributed by atoms with Crippen molar-refractivity contribution in [3.8, 4) is 0 Å². The lowest BCUT2D eigenvalue weighted by Gasteiger charge is -2.27. The van der Waals surface area contributed by atoms with E-state index in [0.29, 0.717) is 23.6 Å². The maximum atomic E-state index is 11.3. The number of cyclic esters (lactones) is 1. The van der Waals surface area contributed by atoms with E-state index in [1.165, 1.54) is 0 Å². The van der Waals surface area contributed by atoms with Gasteiger partial charge in [0.1, 0.15) is 10.6 Å². The van der Waals surface area contributed by atoms with Crippen LogP contribution in [0.3, 0.4) is 0 Å². The average molecular weight is 305 g/mol. The number of carbonyl (C=O) groups excluding carboxylic acids is 1. The third kappa shape index (κ3) is 3.09. The Morgan fingerprint density at radius 3 is 2.53 bits per heavy atom. The number of carbonyl (C=O) groups is 1. The van der Waals surface area contributed by atoms with E-state index in [2.05, 4.69) is 29.8 Å². The van der Waals surface area contributed by atoms with Crippen molar-refractivity contribution >= 4 is 21.9 Å². The van der Waals surface area contributed by atoms with Crippen molar-refractivity contribution in [2.75, 3.05) is 13.2 Å². The molecule has 2 rings (SSSR count). The normalized spacial score (nSPS) is 27.4. The van der Waals surface area contributed by atoms with E-state index in [9.17, 15) is 4.79 Å². The molecule has 0 saturated carbocycles. The number of rotatable bonds is 4. The molecule has 0 bridgehead atoms. The topological polar surface area (TPSA) is 44.8 Å². The molecule has 0 aromatic carbocycles. The highest BCUT2D eigenvalue weighted by molar-refractivity contribution is 9.12. The Morgan fingerprint density at radius 2 is 2.06 bits per heavy atom. The number of esters is 1. The van der Waals surface area contributed by atoms with Crippen LogP contribution >= 0.6 is 15.9 Å². The first-order valence-corrected chi connectivity index (χ1v) is 6.68. The molecule has 2 atom stereocenters. The third-order valence-electron chi connectivity index (χ3n) is 3.18. The Kier molecular flexibility index (Phi) is 4.22. The van der Waals surface area contributed by atoms with Gasteiger partial charge in [0, 0.05) is 12.3 Å². The molecule has 0 amide bonds. The molecule has 0 aromatic rings. The van der Waals surface area contributed by atoms with Gasteiger partial charge in [-0.05, 0) is 27.9 Å². The molecule has 0 unspecified atom stereocenters. The predicted molar refractivity (Wildman–Crippen MR) is 65.5 cm³/mol. The van der Waals surface area contributed by atoms with Gasteiger partial charge in [-0.3, -0.25) is 0 Å². The van der Waals surface area contributed by atoms with Gasteiger partial charge >= 0.3 is 5.97 Å². The molecule has 1 saturated heterocycles. The third-order valence-corrected chi connectivity index (χ3v) is 3.77. The molecular weight excluding hydrogens is 288 g/mol. The Balaban J connectivity index is 1.99. The number of hydrogen-bond donors (Lipinski definition) is 0. The SMILES string of the molecule is CC(C)[C@H](CC1OCCO1)[C@@H]1C=C(Br)C(=O)O1. The molecule has 0 spiro atoms. The van der Waals surface area contributed by atoms with E-state index in [-0.39, 0.29) is 24.3 Å². The van der Waals surface area contributed by atoms with Crippen LogP contribution in [0.15, 0.2) is 10.6 Å². The smallest absolute Gasteiger partial charge is 0.345 e. The summed E-state index contributed by atoms with van der Waals surface area (Å²) >= 11 is 3.20. The van der Waals surface area contributed by atoms with E-state index >= 15 is 0 Å². The van der Waals surface area contributed by atoms with Crippen molar-refractivity contribution in [3.05, 3.63) is 10.6 Å². The predicted octanol–water partition coefficient (Wildman–Crippen LogP) is 2.23. The summed E-state index contributed by atoms with van der Waals surface area (Å²) in [5.74, 6) is 0.334. The maximum absolute atomic E-state index is 11.3. The van der Waals surface area contributed by atoms with Crippen molar-refractivity contribution in [2.24, 2.45) is 11.8 Å². The molecule has 17 heavy (non-hydrogen) atoms. The van der Waals surface area contributed by atoms with Crippen LogP contribution in [0.4, 0.5) is 0 Å². The summed E-state index contributed by atoms with van der Waals surface area (Å²) in [7, 11) is 0. The van der Waals surface area contributed by atoms with Crippen LogP contribution in [0.1, 0.15) is 20.3 Å². The fourth-order valence-corrected chi connectivity index (χ4v) is 2.54. The monoisotopic (exact) mass is 304 g/mol. The Morgan fingerprint density at radius 1 is 1.41 bits per heavy atom. The zero-order valence-corrected chi connectivity index (χ0v) is 11.6. The van der Waals surface area contributed by atoms with Crippen LogP contribution in [0.25, 0.3) is 0 Å². The molecule has 2 heterocycles. The number of hydrogen-bond acceptors (Lipinski definition) is 4. The second-order valence-electron chi connectivity index (χ2n) is 4.70. The molecule has 4 nitrogen and oxygen atoms in total. The highest BCUT2D eigenvalue weighted by atomic mass is 79.9. The molecule has 5 heteroatoms. The van der Waals surface area contributed by atoms with Crippen LogP contribution in [0, 0.1) is 11.8 Å². The highest BCUT2D eigenvalue weighted by Crippen LogP contribution is 2.32. The second kappa shape index (κ2) is 5.50. The summed E-state index contributed by atoms with van der Waals surface area (Å²) in [5, 5.41) is 0. The maximum Gasteiger partial charge on any atom is 0.345 e. The minimum atomic E-state index is -0.283. The lowest BCUT2D eigenvalue weighted by Crippen LogP contribution is -2.29. The molecule has 96 valence electrons. The van der Waals surface area contributed by atoms with E-state index in [1.54, 1.807) is 0 Å². The van der Waals surface area contributed by atoms with E-state index in [1.807, 2.05) is 6.08 Å². The van der Waals surface area contributed by atoms with Crippen LogP contribution < -0.4 is 0 Å². The van der Waals surface area contributed by atoms with Crippen molar-refractivity contribution < 1.29 is 19.0 Å². The standard InChI is InChI=1S/C12H17BrO4/c1-7(2)8(5-11-15-3-4-16-11)10-6-9(13)12(14)17-10/h6-8,10-11H,3-5H2,1-2H3/t8-,10-/m0/s1. The quantitative estimate of drug-likeness (QED) is 0.747. The Hall–Kier alpha value is -0.390. The molecule has 0 aromatic heterocycles. The fraction of sp³-hybridized carbons (Fsp3) is 0.750.